The number of rotatable bonds is 40. The van der Waals surface area contributed by atoms with Crippen LogP contribution in [0.4, 0.5) is 0 Å². The molecule has 0 aliphatic rings. The Balaban J connectivity index is 4.87. The number of hydrogen-bond donors (Lipinski definition) is 0. The summed E-state index contributed by atoms with van der Waals surface area (Å²) in [5, 5.41) is 0. The molecule has 278 valence electrons. The summed E-state index contributed by atoms with van der Waals surface area (Å²) in [5.41, 5.74) is 0. The van der Waals surface area contributed by atoms with Crippen molar-refractivity contribution in [2.45, 2.75) is 18.3 Å². The summed E-state index contributed by atoms with van der Waals surface area (Å²) in [4.78, 5) is 0. The molecule has 17 heteroatoms. The fraction of sp³-hybridized carbons (Fsp3) is 1.00. The fourth-order valence-electron chi connectivity index (χ4n) is 3.36. The van der Waals surface area contributed by atoms with Gasteiger partial charge in [-0.15, -0.1) is 0 Å². The van der Waals surface area contributed by atoms with Gasteiger partial charge in [0.25, 0.3) is 0 Å². The molecule has 0 aliphatic heterocycles. The highest BCUT2D eigenvalue weighted by molar-refractivity contribution is 14.1. The van der Waals surface area contributed by atoms with E-state index in [1.807, 2.05) is 0 Å². The first-order valence-corrected chi connectivity index (χ1v) is 23.2. The molecule has 0 N–H and O–H groups in total. The van der Waals surface area contributed by atoms with Gasteiger partial charge in [-0.05, 0) is 0 Å². The largest absolute Gasteiger partial charge is 0.378 e. The van der Waals surface area contributed by atoms with E-state index in [1.165, 1.54) is 0 Å². The van der Waals surface area contributed by atoms with Gasteiger partial charge in [-0.1, -0.05) is 113 Å². The molecule has 0 heterocycles. The summed E-state index contributed by atoms with van der Waals surface area (Å²) in [6.45, 7) is 10.7. The highest BCUT2D eigenvalue weighted by Gasteiger charge is 2.17. The molecule has 46 heavy (non-hydrogen) atoms. The van der Waals surface area contributed by atoms with Crippen LogP contribution < -0.4 is 0 Å². The van der Waals surface area contributed by atoms with E-state index >= 15 is 0 Å². The zero-order valence-corrected chi connectivity index (χ0v) is 37.7. The third-order valence-electron chi connectivity index (χ3n) is 5.42. The maximum absolute atomic E-state index is 6.08. The van der Waals surface area contributed by atoms with Crippen molar-refractivity contribution in [2.75, 3.05) is 161 Å². The Labute approximate surface area is 345 Å². The normalized spacial score (nSPS) is 13.8. The van der Waals surface area contributed by atoms with Crippen molar-refractivity contribution in [2.24, 2.45) is 0 Å². The van der Waals surface area contributed by atoms with E-state index in [2.05, 4.69) is 113 Å². The van der Waals surface area contributed by atoms with Crippen LogP contribution in [0.15, 0.2) is 0 Å². The first kappa shape index (κ1) is 49.2. The Bertz CT molecular complexity index is 541. The Kier molecular flexibility index (Phi) is 45.5. The molecule has 12 nitrogen and oxygen atoms in total. The third kappa shape index (κ3) is 36.9. The lowest BCUT2D eigenvalue weighted by molar-refractivity contribution is -0.119. The Hall–Kier alpha value is 3.17. The molecule has 0 bridgehead atoms. The molecule has 0 aromatic heterocycles. The Morgan fingerprint density at radius 3 is 0.717 bits per heavy atom. The molecule has 0 amide bonds. The lowest BCUT2D eigenvalue weighted by atomic mass is 10.3. The quantitative estimate of drug-likeness (QED) is 0.0491. The van der Waals surface area contributed by atoms with Crippen LogP contribution in [0.3, 0.4) is 0 Å². The van der Waals surface area contributed by atoms with Gasteiger partial charge in [-0.3, -0.25) is 0 Å². The van der Waals surface area contributed by atoms with Crippen LogP contribution in [0.1, 0.15) is 0 Å². The second-order valence-corrected chi connectivity index (χ2v) is 14.6. The van der Waals surface area contributed by atoms with Crippen molar-refractivity contribution in [3.8, 4) is 0 Å². The second-order valence-electron chi connectivity index (χ2n) is 9.21. The minimum absolute atomic E-state index is 0.244. The highest BCUT2D eigenvalue weighted by Crippen LogP contribution is 2.04. The number of halogens is 5. The molecule has 2 unspecified atom stereocenters. The van der Waals surface area contributed by atoms with Crippen molar-refractivity contribution in [1.82, 2.24) is 0 Å². The highest BCUT2D eigenvalue weighted by atomic mass is 127. The van der Waals surface area contributed by atoms with Crippen LogP contribution in [0.25, 0.3) is 0 Å². The average molecular weight is 1230 g/mol. The number of alkyl halides is 5. The molecular weight excluding hydrogens is 1170 g/mol. The van der Waals surface area contributed by atoms with Gasteiger partial charge in [0.2, 0.25) is 0 Å². The molecule has 0 aromatic carbocycles. The van der Waals surface area contributed by atoms with Crippen molar-refractivity contribution >= 4 is 113 Å². The predicted molar refractivity (Wildman–Crippen MR) is 221 cm³/mol. The lowest BCUT2D eigenvalue weighted by Crippen LogP contribution is -2.34. The molecule has 0 aliphatic carbocycles. The van der Waals surface area contributed by atoms with E-state index in [0.29, 0.717) is 139 Å². The van der Waals surface area contributed by atoms with Crippen molar-refractivity contribution < 1.29 is 56.8 Å². The van der Waals surface area contributed by atoms with Crippen LogP contribution >= 0.6 is 113 Å². The van der Waals surface area contributed by atoms with Crippen LogP contribution in [-0.4, -0.2) is 179 Å². The summed E-state index contributed by atoms with van der Waals surface area (Å²) >= 11 is 11.4. The molecule has 0 saturated carbocycles. The van der Waals surface area contributed by atoms with Gasteiger partial charge in [-0.2, -0.15) is 0 Å². The van der Waals surface area contributed by atoms with E-state index in [1.54, 1.807) is 0 Å². The van der Waals surface area contributed by atoms with E-state index in [4.69, 9.17) is 56.8 Å². The SMILES string of the molecule is ICCOCCOCC(COCC(COCC(COCCOCCI)OCCOCCI)OCCOCCI)OCCOCCI. The van der Waals surface area contributed by atoms with E-state index in [-0.39, 0.29) is 18.3 Å². The zero-order chi connectivity index (χ0) is 33.6. The van der Waals surface area contributed by atoms with Gasteiger partial charge in [-0.25, -0.2) is 0 Å². The molecule has 0 radical (unpaired) electrons. The molecular formula is C29H55I5O12. The summed E-state index contributed by atoms with van der Waals surface area (Å²) in [6.07, 6.45) is -0.785. The van der Waals surface area contributed by atoms with Gasteiger partial charge < -0.3 is 56.8 Å². The predicted octanol–water partition coefficient (Wildman–Crippen LogP) is 4.47. The summed E-state index contributed by atoms with van der Waals surface area (Å²) < 4.78 is 74.2. The molecule has 0 fully saturated rings. The molecule has 0 rings (SSSR count). The average Bonchev–Trinajstić information content (AvgIpc) is 3.06. The van der Waals surface area contributed by atoms with E-state index in [9.17, 15) is 0 Å². The number of ether oxygens (including phenoxy) is 12. The van der Waals surface area contributed by atoms with Gasteiger partial charge in [0.05, 0.1) is 139 Å². The summed E-state index contributed by atoms with van der Waals surface area (Å²) in [5.74, 6) is 0. The second kappa shape index (κ2) is 42.6. The van der Waals surface area contributed by atoms with E-state index < -0.39 is 0 Å². The van der Waals surface area contributed by atoms with Crippen molar-refractivity contribution in [3.05, 3.63) is 0 Å². The van der Waals surface area contributed by atoms with Crippen LogP contribution in [0.5, 0.6) is 0 Å². The maximum Gasteiger partial charge on any atom is 0.104 e. The summed E-state index contributed by atoms with van der Waals surface area (Å²) in [7, 11) is 0. The van der Waals surface area contributed by atoms with Gasteiger partial charge in [0, 0.05) is 22.1 Å². The van der Waals surface area contributed by atoms with Crippen LogP contribution in [-0.2, 0) is 56.8 Å². The number of hydrogen-bond acceptors (Lipinski definition) is 12. The van der Waals surface area contributed by atoms with Crippen LogP contribution in [0, 0.1) is 0 Å². The lowest BCUT2D eigenvalue weighted by Gasteiger charge is -2.23. The molecule has 0 saturated heterocycles. The smallest absolute Gasteiger partial charge is 0.104 e. The maximum atomic E-state index is 6.08. The summed E-state index contributed by atoms with van der Waals surface area (Å²) in [6, 6.07) is 0. The van der Waals surface area contributed by atoms with E-state index in [0.717, 1.165) is 22.1 Å². The molecule has 0 spiro atoms. The minimum Gasteiger partial charge on any atom is -0.378 e. The third-order valence-corrected chi connectivity index (χ3v) is 7.62. The zero-order valence-electron chi connectivity index (χ0n) is 26.9. The minimum atomic E-state index is -0.298. The Morgan fingerprint density at radius 1 is 0.239 bits per heavy atom. The molecule has 2 atom stereocenters. The van der Waals surface area contributed by atoms with Gasteiger partial charge >= 0.3 is 0 Å². The van der Waals surface area contributed by atoms with Gasteiger partial charge in [0.15, 0.2) is 0 Å². The van der Waals surface area contributed by atoms with Crippen molar-refractivity contribution in [1.29, 1.82) is 0 Å². The standard InChI is InChI=1S/C29H55I5O12/c30-1-6-35-11-13-40-21-27(44-18-15-37-8-3-32)23-42-25-29(46-20-17-39-10-5-34)26-43-24-28(45-19-16-38-9-4-33)22-41-14-12-36-7-2-31/h27-29H,1-26H2. The Morgan fingerprint density at radius 2 is 0.457 bits per heavy atom. The van der Waals surface area contributed by atoms with Crippen molar-refractivity contribution in [3.63, 3.8) is 0 Å². The topological polar surface area (TPSA) is 111 Å². The first-order chi connectivity index (χ1) is 22.7. The van der Waals surface area contributed by atoms with Crippen LogP contribution in [0.2, 0.25) is 0 Å². The monoisotopic (exact) mass is 1230 g/mol. The fourth-order valence-corrected chi connectivity index (χ4v) is 4.92. The van der Waals surface area contributed by atoms with Gasteiger partial charge in [0.1, 0.15) is 18.3 Å². The molecule has 0 aromatic rings. The first-order valence-electron chi connectivity index (χ1n) is 15.6.